The molecule has 0 aliphatic heterocycles. The van der Waals surface area contributed by atoms with E-state index < -0.39 is 0 Å². The van der Waals surface area contributed by atoms with Crippen molar-refractivity contribution in [3.05, 3.63) is 15.6 Å². The smallest absolute Gasteiger partial charge is 0.107 e. The van der Waals surface area contributed by atoms with Crippen LogP contribution in [0.4, 0.5) is 0 Å². The summed E-state index contributed by atoms with van der Waals surface area (Å²) >= 11 is 1.84. The third-order valence-electron chi connectivity index (χ3n) is 2.95. The lowest BCUT2D eigenvalue weighted by molar-refractivity contribution is 0.191. The molecule has 1 aromatic heterocycles. The van der Waals surface area contributed by atoms with Gasteiger partial charge in [-0.15, -0.1) is 11.3 Å². The number of nitrogens with zero attached hydrogens (tertiary/aromatic N) is 1. The van der Waals surface area contributed by atoms with Gasteiger partial charge in [0.25, 0.3) is 0 Å². The summed E-state index contributed by atoms with van der Waals surface area (Å²) < 4.78 is 0. The number of aryl methyl sites for hydroxylation is 1. The van der Waals surface area contributed by atoms with E-state index >= 15 is 0 Å². The van der Waals surface area contributed by atoms with Crippen molar-refractivity contribution in [2.75, 3.05) is 6.54 Å². The van der Waals surface area contributed by atoms with E-state index in [4.69, 9.17) is 5.11 Å². The minimum absolute atomic E-state index is 0.283. The molecule has 0 amide bonds. The van der Waals surface area contributed by atoms with Crippen LogP contribution in [0.2, 0.25) is 0 Å². The summed E-state index contributed by atoms with van der Waals surface area (Å²) in [6.07, 6.45) is 3.33. The van der Waals surface area contributed by atoms with Crippen LogP contribution in [0, 0.1) is 5.92 Å². The lowest BCUT2D eigenvalue weighted by atomic mass is 9.93. The van der Waals surface area contributed by atoms with Gasteiger partial charge >= 0.3 is 0 Å². The monoisotopic (exact) mass is 240 g/mol. The molecule has 2 atom stereocenters. The third-order valence-corrected chi connectivity index (χ3v) is 4.07. The number of aliphatic hydroxyl groups is 1. The maximum atomic E-state index is 9.15. The van der Waals surface area contributed by atoms with E-state index in [9.17, 15) is 0 Å². The predicted molar refractivity (Wildman–Crippen MR) is 66.7 cm³/mol. The molecular formula is C12H20N2OS. The van der Waals surface area contributed by atoms with Gasteiger partial charge in [-0.1, -0.05) is 6.92 Å². The molecule has 0 spiro atoms. The molecule has 0 aromatic carbocycles. The Morgan fingerprint density at radius 3 is 3.19 bits per heavy atom. The molecule has 1 heterocycles. The highest BCUT2D eigenvalue weighted by Gasteiger charge is 2.19. The Morgan fingerprint density at radius 2 is 2.44 bits per heavy atom. The van der Waals surface area contributed by atoms with E-state index in [0.717, 1.165) is 18.9 Å². The zero-order valence-electron chi connectivity index (χ0n) is 9.99. The topological polar surface area (TPSA) is 45.2 Å². The van der Waals surface area contributed by atoms with Crippen LogP contribution in [0.25, 0.3) is 0 Å². The van der Waals surface area contributed by atoms with Crippen LogP contribution in [0.5, 0.6) is 0 Å². The Kier molecular flexibility index (Phi) is 3.95. The van der Waals surface area contributed by atoms with Crippen molar-refractivity contribution in [3.8, 4) is 0 Å². The molecule has 0 saturated carbocycles. The minimum atomic E-state index is -0.283. The van der Waals surface area contributed by atoms with Crippen molar-refractivity contribution in [2.24, 2.45) is 5.92 Å². The zero-order valence-corrected chi connectivity index (χ0v) is 10.8. The van der Waals surface area contributed by atoms with Gasteiger partial charge in [-0.2, -0.15) is 0 Å². The average molecular weight is 240 g/mol. The van der Waals surface area contributed by atoms with E-state index in [-0.39, 0.29) is 6.10 Å². The Morgan fingerprint density at radius 1 is 1.62 bits per heavy atom. The van der Waals surface area contributed by atoms with E-state index in [1.165, 1.54) is 28.4 Å². The van der Waals surface area contributed by atoms with Crippen LogP contribution in [-0.4, -0.2) is 22.7 Å². The molecule has 4 heteroatoms. The molecule has 90 valence electrons. The second-order valence-electron chi connectivity index (χ2n) is 4.81. The lowest BCUT2D eigenvalue weighted by Crippen LogP contribution is -2.23. The summed E-state index contributed by atoms with van der Waals surface area (Å²) in [5.41, 5.74) is 1.32. The molecule has 1 aliphatic carbocycles. The highest BCUT2D eigenvalue weighted by Crippen LogP contribution is 2.29. The first-order valence-corrected chi connectivity index (χ1v) is 6.83. The highest BCUT2D eigenvalue weighted by atomic mass is 32.1. The van der Waals surface area contributed by atoms with Gasteiger partial charge in [0.1, 0.15) is 5.01 Å². The summed E-state index contributed by atoms with van der Waals surface area (Å²) in [5, 5.41) is 13.5. The van der Waals surface area contributed by atoms with Gasteiger partial charge in [-0.3, -0.25) is 0 Å². The molecule has 2 rings (SSSR count). The van der Waals surface area contributed by atoms with Crippen molar-refractivity contribution in [1.29, 1.82) is 0 Å². The SMILES string of the molecule is CC1CCc2nc(CNC[C@@H](C)O)sc2C1. The fourth-order valence-corrected chi connectivity index (χ4v) is 3.30. The van der Waals surface area contributed by atoms with Crippen LogP contribution in [-0.2, 0) is 19.4 Å². The first-order chi connectivity index (χ1) is 7.65. The van der Waals surface area contributed by atoms with Crippen molar-refractivity contribution < 1.29 is 5.11 Å². The molecule has 16 heavy (non-hydrogen) atoms. The van der Waals surface area contributed by atoms with Crippen LogP contribution in [0.1, 0.15) is 35.8 Å². The molecule has 0 radical (unpaired) electrons. The number of fused-ring (bicyclic) bond motifs is 1. The molecule has 2 N–H and O–H groups in total. The van der Waals surface area contributed by atoms with Gasteiger partial charge in [-0.05, 0) is 32.1 Å². The number of thiazole rings is 1. The maximum absolute atomic E-state index is 9.15. The number of rotatable bonds is 4. The fourth-order valence-electron chi connectivity index (χ4n) is 2.06. The number of aromatic nitrogens is 1. The molecule has 1 unspecified atom stereocenters. The first kappa shape index (κ1) is 12.0. The van der Waals surface area contributed by atoms with E-state index in [2.05, 4.69) is 17.2 Å². The van der Waals surface area contributed by atoms with E-state index in [1.807, 2.05) is 11.3 Å². The summed E-state index contributed by atoms with van der Waals surface area (Å²) in [5.74, 6) is 0.811. The van der Waals surface area contributed by atoms with Gasteiger partial charge in [0, 0.05) is 18.0 Å². The average Bonchev–Trinajstić information content (AvgIpc) is 2.58. The summed E-state index contributed by atoms with van der Waals surface area (Å²) in [7, 11) is 0. The van der Waals surface area contributed by atoms with Crippen LogP contribution < -0.4 is 5.32 Å². The number of nitrogens with one attached hydrogen (secondary N) is 1. The lowest BCUT2D eigenvalue weighted by Gasteiger charge is -2.15. The summed E-state index contributed by atoms with van der Waals surface area (Å²) in [6, 6.07) is 0. The van der Waals surface area contributed by atoms with E-state index in [1.54, 1.807) is 6.92 Å². The Balaban J connectivity index is 1.91. The fraction of sp³-hybridized carbons (Fsp3) is 0.750. The minimum Gasteiger partial charge on any atom is -0.392 e. The van der Waals surface area contributed by atoms with Crippen LogP contribution in [0.3, 0.4) is 0 Å². The molecule has 1 aliphatic rings. The summed E-state index contributed by atoms with van der Waals surface area (Å²) in [4.78, 5) is 6.14. The van der Waals surface area contributed by atoms with Crippen molar-refractivity contribution in [3.63, 3.8) is 0 Å². The van der Waals surface area contributed by atoms with Gasteiger partial charge < -0.3 is 10.4 Å². The number of hydrogen-bond donors (Lipinski definition) is 2. The van der Waals surface area contributed by atoms with Gasteiger partial charge in [-0.25, -0.2) is 4.98 Å². The molecule has 0 bridgehead atoms. The highest BCUT2D eigenvalue weighted by molar-refractivity contribution is 7.11. The standard InChI is InChI=1S/C12H20N2OS/c1-8-3-4-10-11(5-8)16-12(14-10)7-13-6-9(2)15/h8-9,13,15H,3-7H2,1-2H3/t8?,9-/m1/s1. The molecule has 0 fully saturated rings. The molecular weight excluding hydrogens is 220 g/mol. The first-order valence-electron chi connectivity index (χ1n) is 6.01. The van der Waals surface area contributed by atoms with E-state index in [0.29, 0.717) is 6.54 Å². The normalized spacial score (nSPS) is 21.8. The quantitative estimate of drug-likeness (QED) is 0.842. The second kappa shape index (κ2) is 5.25. The number of aliphatic hydroxyl groups excluding tert-OH is 1. The summed E-state index contributed by atoms with van der Waals surface area (Å²) in [6.45, 7) is 5.53. The van der Waals surface area contributed by atoms with Crippen molar-refractivity contribution >= 4 is 11.3 Å². The Hall–Kier alpha value is -0.450. The Labute approximate surface area is 101 Å². The molecule has 0 saturated heterocycles. The molecule has 1 aromatic rings. The van der Waals surface area contributed by atoms with Crippen LogP contribution in [0.15, 0.2) is 0 Å². The van der Waals surface area contributed by atoms with Gasteiger partial charge in [0.05, 0.1) is 11.8 Å². The maximum Gasteiger partial charge on any atom is 0.107 e. The van der Waals surface area contributed by atoms with Gasteiger partial charge in [0.15, 0.2) is 0 Å². The number of hydrogen-bond acceptors (Lipinski definition) is 4. The third kappa shape index (κ3) is 3.03. The Bertz CT molecular complexity index is 349. The van der Waals surface area contributed by atoms with Crippen molar-refractivity contribution in [2.45, 2.75) is 45.8 Å². The zero-order chi connectivity index (χ0) is 11.5. The van der Waals surface area contributed by atoms with Gasteiger partial charge in [0.2, 0.25) is 0 Å². The molecule has 3 nitrogen and oxygen atoms in total. The largest absolute Gasteiger partial charge is 0.392 e. The second-order valence-corrected chi connectivity index (χ2v) is 5.97. The predicted octanol–water partition coefficient (Wildman–Crippen LogP) is 1.74. The van der Waals surface area contributed by atoms with Crippen LogP contribution >= 0.6 is 11.3 Å². The van der Waals surface area contributed by atoms with Crippen molar-refractivity contribution in [1.82, 2.24) is 10.3 Å².